The van der Waals surface area contributed by atoms with Gasteiger partial charge in [0.1, 0.15) is 11.6 Å². The summed E-state index contributed by atoms with van der Waals surface area (Å²) in [5, 5.41) is 4.51. The number of nitrogens with zero attached hydrogens (tertiary/aromatic N) is 2. The fraction of sp³-hybridized carbons (Fsp3) is 0.0192. The van der Waals surface area contributed by atoms with Crippen LogP contribution >= 0.6 is 0 Å². The van der Waals surface area contributed by atoms with Crippen LogP contribution in [-0.4, -0.2) is 10.3 Å². The Kier molecular flexibility index (Phi) is 7.08. The number of furan rings is 1. The summed E-state index contributed by atoms with van der Waals surface area (Å²) in [4.78, 5) is 5.47. The maximum atomic E-state index is 6.95. The van der Waals surface area contributed by atoms with Crippen LogP contribution in [-0.2, 0) is 0 Å². The zero-order valence-electron chi connectivity index (χ0n) is 30.0. The van der Waals surface area contributed by atoms with Crippen molar-refractivity contribution < 1.29 is 4.42 Å². The molecule has 1 unspecified atom stereocenters. The van der Waals surface area contributed by atoms with Gasteiger partial charge >= 0.3 is 0 Å². The molecular weight excluding hydrogens is 669 g/mol. The lowest BCUT2D eigenvalue weighted by Crippen LogP contribution is -2.16. The molecule has 0 fully saturated rings. The van der Waals surface area contributed by atoms with Crippen LogP contribution in [0.25, 0.3) is 77.3 Å². The molecule has 0 radical (unpaired) electrons. The lowest BCUT2D eigenvalue weighted by molar-refractivity contribution is 0.666. The fourth-order valence-corrected chi connectivity index (χ4v) is 8.63. The highest BCUT2D eigenvalue weighted by molar-refractivity contribution is 6.26. The van der Waals surface area contributed by atoms with Gasteiger partial charge in [0.2, 0.25) is 0 Å². The van der Waals surface area contributed by atoms with Gasteiger partial charge in [0, 0.05) is 32.7 Å². The number of para-hydroxylation sites is 1. The average Bonchev–Trinajstić information content (AvgIpc) is 3.80. The van der Waals surface area contributed by atoms with Crippen molar-refractivity contribution >= 4 is 55.0 Å². The first-order valence-electron chi connectivity index (χ1n) is 18.8. The van der Waals surface area contributed by atoms with Gasteiger partial charge in [-0.1, -0.05) is 158 Å². The van der Waals surface area contributed by atoms with Crippen molar-refractivity contribution in [1.82, 2.24) is 4.57 Å². The van der Waals surface area contributed by atoms with Crippen LogP contribution in [0.15, 0.2) is 204 Å². The molecular formula is C52H34N2O. The topological polar surface area (TPSA) is 30.4 Å². The Hall–Kier alpha value is -7.23. The molecule has 258 valence electrons. The van der Waals surface area contributed by atoms with Crippen molar-refractivity contribution in [2.24, 2.45) is 4.99 Å². The van der Waals surface area contributed by atoms with Gasteiger partial charge in [-0.2, -0.15) is 0 Å². The van der Waals surface area contributed by atoms with E-state index in [9.17, 15) is 0 Å². The molecule has 0 bridgehead atoms. The Balaban J connectivity index is 1.16. The van der Waals surface area contributed by atoms with Crippen LogP contribution in [0.1, 0.15) is 28.3 Å². The van der Waals surface area contributed by atoms with Gasteiger partial charge in [0.15, 0.2) is 5.58 Å². The second kappa shape index (κ2) is 12.4. The van der Waals surface area contributed by atoms with E-state index in [2.05, 4.69) is 193 Å². The highest BCUT2D eigenvalue weighted by Crippen LogP contribution is 2.44. The molecule has 0 amide bonds. The molecule has 1 aliphatic rings. The van der Waals surface area contributed by atoms with Gasteiger partial charge in [0.25, 0.3) is 0 Å². The SMILES string of the molecule is C=C1c2ccccc2C(c2cccc3oc4c(-n5c6ccc(-c7ccccc7)cc6c6cc(-c7ccccc7)ccc65)cccc4c23)=NC1c1ccccc1. The highest BCUT2D eigenvalue weighted by atomic mass is 16.3. The number of rotatable bonds is 5. The van der Waals surface area contributed by atoms with Crippen molar-refractivity contribution in [3.05, 3.63) is 217 Å². The molecule has 55 heavy (non-hydrogen) atoms. The van der Waals surface area contributed by atoms with Gasteiger partial charge in [0.05, 0.1) is 22.4 Å². The average molecular weight is 703 g/mol. The van der Waals surface area contributed by atoms with Crippen LogP contribution in [0, 0.1) is 0 Å². The molecule has 3 nitrogen and oxygen atoms in total. The van der Waals surface area contributed by atoms with Crippen LogP contribution in [0.2, 0.25) is 0 Å². The maximum absolute atomic E-state index is 6.95. The third-order valence-corrected chi connectivity index (χ3v) is 11.2. The maximum Gasteiger partial charge on any atom is 0.159 e. The molecule has 0 saturated carbocycles. The number of benzene rings is 8. The molecule has 0 saturated heterocycles. The van der Waals surface area contributed by atoms with Crippen LogP contribution < -0.4 is 0 Å². The zero-order chi connectivity index (χ0) is 36.5. The van der Waals surface area contributed by atoms with E-state index in [1.807, 2.05) is 6.07 Å². The van der Waals surface area contributed by atoms with E-state index in [4.69, 9.17) is 9.41 Å². The van der Waals surface area contributed by atoms with E-state index in [1.54, 1.807) is 0 Å². The third-order valence-electron chi connectivity index (χ3n) is 11.2. The fourth-order valence-electron chi connectivity index (χ4n) is 8.63. The van der Waals surface area contributed by atoms with E-state index in [-0.39, 0.29) is 6.04 Å². The minimum atomic E-state index is -0.186. The number of fused-ring (bicyclic) bond motifs is 7. The van der Waals surface area contributed by atoms with Gasteiger partial charge in [-0.15, -0.1) is 0 Å². The van der Waals surface area contributed by atoms with Crippen molar-refractivity contribution in [2.75, 3.05) is 0 Å². The lowest BCUT2D eigenvalue weighted by atomic mass is 9.84. The molecule has 3 heteroatoms. The van der Waals surface area contributed by atoms with Crippen LogP contribution in [0.4, 0.5) is 0 Å². The van der Waals surface area contributed by atoms with E-state index < -0.39 is 0 Å². The molecule has 0 aliphatic carbocycles. The molecule has 2 aromatic heterocycles. The van der Waals surface area contributed by atoms with Gasteiger partial charge < -0.3 is 8.98 Å². The van der Waals surface area contributed by atoms with Crippen molar-refractivity contribution in [1.29, 1.82) is 0 Å². The smallest absolute Gasteiger partial charge is 0.159 e. The predicted octanol–water partition coefficient (Wildman–Crippen LogP) is 13.6. The quantitative estimate of drug-likeness (QED) is 0.176. The summed E-state index contributed by atoms with van der Waals surface area (Å²) >= 11 is 0. The Morgan fingerprint density at radius 3 is 1.69 bits per heavy atom. The van der Waals surface area contributed by atoms with Gasteiger partial charge in [-0.05, 0) is 75.4 Å². The second-order valence-electron chi connectivity index (χ2n) is 14.3. The monoisotopic (exact) mass is 702 g/mol. The molecule has 8 aromatic carbocycles. The first-order valence-corrected chi connectivity index (χ1v) is 18.8. The lowest BCUT2D eigenvalue weighted by Gasteiger charge is -2.26. The number of hydrogen-bond acceptors (Lipinski definition) is 2. The first kappa shape index (κ1) is 31.3. The minimum Gasteiger partial charge on any atom is -0.454 e. The predicted molar refractivity (Wildman–Crippen MR) is 229 cm³/mol. The Bertz CT molecular complexity index is 3050. The van der Waals surface area contributed by atoms with Gasteiger partial charge in [-0.25, -0.2) is 0 Å². The number of aromatic nitrogens is 1. The molecule has 10 aromatic rings. The number of hydrogen-bond donors (Lipinski definition) is 0. The summed E-state index contributed by atoms with van der Waals surface area (Å²) in [7, 11) is 0. The molecule has 11 rings (SSSR count). The minimum absolute atomic E-state index is 0.186. The standard InChI is InChI=1S/C52H34N2O/c1-33-39-21-11-12-22-40(39)51(53-50(33)36-19-9-4-10-20-36)41-23-14-26-48-49(41)42-24-13-25-47(52(42)55-48)54-45-29-27-37(34-15-5-2-6-16-34)31-43(45)44-32-38(28-30-46(44)54)35-17-7-3-8-18-35/h2-32,50H,1H2. The Morgan fingerprint density at radius 1 is 0.473 bits per heavy atom. The summed E-state index contributed by atoms with van der Waals surface area (Å²) in [6.07, 6.45) is 0. The van der Waals surface area contributed by atoms with E-state index in [1.165, 1.54) is 33.0 Å². The van der Waals surface area contributed by atoms with Crippen molar-refractivity contribution in [2.45, 2.75) is 6.04 Å². The summed E-state index contributed by atoms with van der Waals surface area (Å²) in [5.74, 6) is 0. The Labute approximate surface area is 318 Å². The molecule has 3 heterocycles. The summed E-state index contributed by atoms with van der Waals surface area (Å²) in [5.41, 5.74) is 16.1. The van der Waals surface area contributed by atoms with Crippen LogP contribution in [0.3, 0.4) is 0 Å². The van der Waals surface area contributed by atoms with Crippen molar-refractivity contribution in [3.63, 3.8) is 0 Å². The zero-order valence-corrected chi connectivity index (χ0v) is 30.0. The van der Waals surface area contributed by atoms with E-state index in [0.29, 0.717) is 0 Å². The Morgan fingerprint density at radius 2 is 1.04 bits per heavy atom. The summed E-state index contributed by atoms with van der Waals surface area (Å²) in [6, 6.07) is 66.6. The largest absolute Gasteiger partial charge is 0.454 e. The molecule has 1 aliphatic heterocycles. The number of aliphatic imine (C=N–C) groups is 1. The van der Waals surface area contributed by atoms with E-state index in [0.717, 1.165) is 72.2 Å². The molecule has 0 spiro atoms. The summed E-state index contributed by atoms with van der Waals surface area (Å²) < 4.78 is 9.33. The summed E-state index contributed by atoms with van der Waals surface area (Å²) in [6.45, 7) is 4.55. The van der Waals surface area contributed by atoms with E-state index >= 15 is 0 Å². The highest BCUT2D eigenvalue weighted by Gasteiger charge is 2.28. The molecule has 1 atom stereocenters. The second-order valence-corrected chi connectivity index (χ2v) is 14.3. The first-order chi connectivity index (χ1) is 27.2. The van der Waals surface area contributed by atoms with Gasteiger partial charge in [-0.3, -0.25) is 4.99 Å². The normalized spacial score (nSPS) is 14.1. The molecule has 0 N–H and O–H groups in total. The third kappa shape index (κ3) is 4.94. The van der Waals surface area contributed by atoms with Crippen LogP contribution in [0.5, 0.6) is 0 Å². The van der Waals surface area contributed by atoms with Crippen molar-refractivity contribution in [3.8, 4) is 27.9 Å².